The molecule has 2 N–H and O–H groups in total. The largest absolute Gasteiger partial charge is 0.326 e. The Morgan fingerprint density at radius 3 is 2.71 bits per heavy atom. The number of aromatic nitrogens is 1. The highest BCUT2D eigenvalue weighted by atomic mass is 16.1. The summed E-state index contributed by atoms with van der Waals surface area (Å²) >= 11 is 0. The van der Waals surface area contributed by atoms with Gasteiger partial charge in [-0.3, -0.25) is 4.79 Å². The molecule has 3 heteroatoms. The molecule has 3 rings (SSSR count). The first-order valence-corrected chi connectivity index (χ1v) is 6.80. The molecule has 0 spiro atoms. The fraction of sp³-hybridized carbons (Fsp3) is 0.643. The molecular weight excluding hydrogens is 212 g/mol. The van der Waals surface area contributed by atoms with Crippen molar-refractivity contribution in [2.45, 2.75) is 44.4 Å². The lowest BCUT2D eigenvalue weighted by atomic mass is 9.87. The van der Waals surface area contributed by atoms with Crippen molar-refractivity contribution in [3.63, 3.8) is 0 Å². The molecule has 3 nitrogen and oxygen atoms in total. The van der Waals surface area contributed by atoms with Crippen molar-refractivity contribution >= 4 is 0 Å². The van der Waals surface area contributed by atoms with E-state index in [1.54, 1.807) is 0 Å². The summed E-state index contributed by atoms with van der Waals surface area (Å²) in [5.74, 6) is 0.465. The van der Waals surface area contributed by atoms with Crippen LogP contribution >= 0.6 is 0 Å². The van der Waals surface area contributed by atoms with Crippen LogP contribution in [-0.2, 0) is 12.8 Å². The monoisotopic (exact) mass is 232 g/mol. The van der Waals surface area contributed by atoms with Crippen LogP contribution < -0.4 is 10.9 Å². The highest BCUT2D eigenvalue weighted by Crippen LogP contribution is 2.26. The molecule has 2 aliphatic rings. The number of hydrogen-bond donors (Lipinski definition) is 2. The molecule has 2 heterocycles. The first-order valence-electron chi connectivity index (χ1n) is 6.80. The summed E-state index contributed by atoms with van der Waals surface area (Å²) in [6.07, 6.45) is 6.88. The van der Waals surface area contributed by atoms with Crippen LogP contribution in [0.5, 0.6) is 0 Å². The third-order valence-electron chi connectivity index (χ3n) is 4.15. The summed E-state index contributed by atoms with van der Waals surface area (Å²) in [5.41, 5.74) is 3.79. The Kier molecular flexibility index (Phi) is 3.02. The van der Waals surface area contributed by atoms with Gasteiger partial charge in [0.05, 0.1) is 0 Å². The number of aromatic amines is 1. The highest BCUT2D eigenvalue weighted by Gasteiger charge is 2.20. The second-order valence-corrected chi connectivity index (χ2v) is 5.29. The standard InChI is InChI=1S/C14H20N2O/c17-14-12(10-5-7-15-8-6-10)9-11-3-1-2-4-13(11)16-14/h9-10,15H,1-8H2,(H,16,17). The quantitative estimate of drug-likeness (QED) is 0.774. The maximum Gasteiger partial charge on any atom is 0.251 e. The van der Waals surface area contributed by atoms with Crippen molar-refractivity contribution in [2.75, 3.05) is 13.1 Å². The molecular formula is C14H20N2O. The number of fused-ring (bicyclic) bond motifs is 1. The van der Waals surface area contributed by atoms with Gasteiger partial charge in [0.25, 0.3) is 5.56 Å². The van der Waals surface area contributed by atoms with Gasteiger partial charge in [0.1, 0.15) is 0 Å². The van der Waals surface area contributed by atoms with E-state index in [-0.39, 0.29) is 5.56 Å². The molecule has 92 valence electrons. The van der Waals surface area contributed by atoms with Crippen molar-refractivity contribution in [3.05, 3.63) is 33.2 Å². The zero-order chi connectivity index (χ0) is 11.7. The van der Waals surface area contributed by atoms with Crippen LogP contribution in [0.15, 0.2) is 10.9 Å². The van der Waals surface area contributed by atoms with Gasteiger partial charge >= 0.3 is 0 Å². The molecule has 1 aliphatic heterocycles. The molecule has 1 aromatic heterocycles. The lowest BCUT2D eigenvalue weighted by Crippen LogP contribution is -2.30. The van der Waals surface area contributed by atoms with Crippen LogP contribution in [0, 0.1) is 0 Å². The predicted octanol–water partition coefficient (Wildman–Crippen LogP) is 1.72. The van der Waals surface area contributed by atoms with Crippen LogP contribution in [0.2, 0.25) is 0 Å². The first-order chi connectivity index (χ1) is 8.34. The Morgan fingerprint density at radius 2 is 1.88 bits per heavy atom. The van der Waals surface area contributed by atoms with Gasteiger partial charge in [-0.25, -0.2) is 0 Å². The Balaban J connectivity index is 1.96. The minimum Gasteiger partial charge on any atom is -0.326 e. The second-order valence-electron chi connectivity index (χ2n) is 5.29. The van der Waals surface area contributed by atoms with Gasteiger partial charge in [0, 0.05) is 11.3 Å². The van der Waals surface area contributed by atoms with E-state index >= 15 is 0 Å². The van der Waals surface area contributed by atoms with E-state index in [9.17, 15) is 4.79 Å². The van der Waals surface area contributed by atoms with E-state index in [1.165, 1.54) is 24.1 Å². The molecule has 1 aromatic rings. The molecule has 0 unspecified atom stereocenters. The number of aryl methyl sites for hydroxylation is 2. The maximum absolute atomic E-state index is 12.1. The van der Waals surface area contributed by atoms with Gasteiger partial charge in [-0.2, -0.15) is 0 Å². The number of nitrogens with one attached hydrogen (secondary N) is 2. The fourth-order valence-electron chi connectivity index (χ4n) is 3.13. The zero-order valence-electron chi connectivity index (χ0n) is 10.2. The van der Waals surface area contributed by atoms with E-state index in [0.717, 1.165) is 44.3 Å². The first kappa shape index (κ1) is 11.0. The van der Waals surface area contributed by atoms with Crippen molar-refractivity contribution < 1.29 is 0 Å². The smallest absolute Gasteiger partial charge is 0.251 e. The minimum absolute atomic E-state index is 0.164. The molecule has 1 fully saturated rings. The summed E-state index contributed by atoms with van der Waals surface area (Å²) in [7, 11) is 0. The third-order valence-corrected chi connectivity index (χ3v) is 4.15. The molecule has 0 bridgehead atoms. The maximum atomic E-state index is 12.1. The van der Waals surface area contributed by atoms with Gasteiger partial charge < -0.3 is 10.3 Å². The summed E-state index contributed by atoms with van der Waals surface area (Å²) in [4.78, 5) is 15.2. The average molecular weight is 232 g/mol. The van der Waals surface area contributed by atoms with E-state index in [2.05, 4.69) is 16.4 Å². The van der Waals surface area contributed by atoms with Crippen molar-refractivity contribution in [1.29, 1.82) is 0 Å². The normalized spacial score (nSPS) is 21.2. The molecule has 17 heavy (non-hydrogen) atoms. The average Bonchev–Trinajstić information content (AvgIpc) is 2.39. The molecule has 1 aliphatic carbocycles. The lowest BCUT2D eigenvalue weighted by Gasteiger charge is -2.24. The summed E-state index contributed by atoms with van der Waals surface area (Å²) in [6, 6.07) is 2.20. The fourth-order valence-corrected chi connectivity index (χ4v) is 3.13. The Hall–Kier alpha value is -1.09. The van der Waals surface area contributed by atoms with Crippen molar-refractivity contribution in [3.8, 4) is 0 Å². The Bertz CT molecular complexity index is 458. The van der Waals surface area contributed by atoms with Crippen LogP contribution in [0.4, 0.5) is 0 Å². The highest BCUT2D eigenvalue weighted by molar-refractivity contribution is 5.29. The van der Waals surface area contributed by atoms with Gasteiger partial charge in [-0.05, 0) is 69.2 Å². The molecule has 0 amide bonds. The molecule has 0 aromatic carbocycles. The number of H-pyrrole nitrogens is 1. The SMILES string of the molecule is O=c1[nH]c2c(cc1C1CCNCC1)CCCC2. The molecule has 0 saturated carbocycles. The zero-order valence-corrected chi connectivity index (χ0v) is 10.2. The second kappa shape index (κ2) is 4.65. The van der Waals surface area contributed by atoms with Gasteiger partial charge in [-0.15, -0.1) is 0 Å². The van der Waals surface area contributed by atoms with Gasteiger partial charge in [0.15, 0.2) is 0 Å². The van der Waals surface area contributed by atoms with Crippen molar-refractivity contribution in [1.82, 2.24) is 10.3 Å². The number of rotatable bonds is 1. The van der Waals surface area contributed by atoms with Gasteiger partial charge in [-0.1, -0.05) is 0 Å². The van der Waals surface area contributed by atoms with E-state index in [0.29, 0.717) is 5.92 Å². The van der Waals surface area contributed by atoms with Gasteiger partial charge in [0.2, 0.25) is 0 Å². The van der Waals surface area contributed by atoms with Crippen LogP contribution in [-0.4, -0.2) is 18.1 Å². The van der Waals surface area contributed by atoms with Crippen molar-refractivity contribution in [2.24, 2.45) is 0 Å². The number of pyridine rings is 1. The van der Waals surface area contributed by atoms with Crippen LogP contribution in [0.1, 0.15) is 48.4 Å². The predicted molar refractivity (Wildman–Crippen MR) is 68.5 cm³/mol. The minimum atomic E-state index is 0.164. The summed E-state index contributed by atoms with van der Waals surface area (Å²) in [6.45, 7) is 2.09. The van der Waals surface area contributed by atoms with E-state index < -0.39 is 0 Å². The molecule has 0 atom stereocenters. The number of piperidine rings is 1. The Labute approximate surface area is 102 Å². The summed E-state index contributed by atoms with van der Waals surface area (Å²) in [5, 5.41) is 3.35. The lowest BCUT2D eigenvalue weighted by molar-refractivity contribution is 0.456. The number of hydrogen-bond acceptors (Lipinski definition) is 2. The summed E-state index contributed by atoms with van der Waals surface area (Å²) < 4.78 is 0. The van der Waals surface area contributed by atoms with Crippen LogP contribution in [0.3, 0.4) is 0 Å². The molecule has 0 radical (unpaired) electrons. The molecule has 1 saturated heterocycles. The van der Waals surface area contributed by atoms with Crippen LogP contribution in [0.25, 0.3) is 0 Å². The Morgan fingerprint density at radius 1 is 1.12 bits per heavy atom. The third kappa shape index (κ3) is 2.16. The topological polar surface area (TPSA) is 44.9 Å². The van der Waals surface area contributed by atoms with E-state index in [4.69, 9.17) is 0 Å². The van der Waals surface area contributed by atoms with E-state index in [1.807, 2.05) is 0 Å².